The lowest BCUT2D eigenvalue weighted by atomic mass is 10.1. The highest BCUT2D eigenvalue weighted by Gasteiger charge is 2.18. The number of fused-ring (bicyclic) bond motifs is 2. The molecule has 0 unspecified atom stereocenters. The zero-order valence-corrected chi connectivity index (χ0v) is 17.6. The molecule has 0 radical (unpaired) electrons. The van der Waals surface area contributed by atoms with E-state index in [9.17, 15) is 0 Å². The molecule has 5 rings (SSSR count). The first-order valence-electron chi connectivity index (χ1n) is 10.5. The third-order valence-corrected chi connectivity index (χ3v) is 5.73. The first-order valence-corrected chi connectivity index (χ1v) is 10.5. The molecular formula is C26H25N5. The molecule has 2 aromatic heterocycles. The van der Waals surface area contributed by atoms with Crippen LogP contribution in [-0.4, -0.2) is 35.9 Å². The quantitative estimate of drug-likeness (QED) is 0.454. The van der Waals surface area contributed by atoms with Gasteiger partial charge in [0.2, 0.25) is 0 Å². The van der Waals surface area contributed by atoms with Crippen LogP contribution < -0.4 is 10.2 Å². The standard InChI is InChI=1S/C26H25N5/c1-3-19-13-23-26(30(2)12-11-28-23)24(14-19)29-17-22-15-21-8-4-5-9-25(21)31(22)18-20-7-6-10-27-16-20/h3-10,13-17,28H,1,11-12,18H2,2H3/b29-17+. The van der Waals surface area contributed by atoms with Crippen molar-refractivity contribution in [1.29, 1.82) is 0 Å². The largest absolute Gasteiger partial charge is 0.382 e. The third kappa shape index (κ3) is 3.70. The summed E-state index contributed by atoms with van der Waals surface area (Å²) in [4.78, 5) is 11.5. The van der Waals surface area contributed by atoms with Gasteiger partial charge < -0.3 is 14.8 Å². The Morgan fingerprint density at radius 1 is 1.16 bits per heavy atom. The summed E-state index contributed by atoms with van der Waals surface area (Å²) in [6.07, 6.45) is 7.57. The number of aliphatic imine (C=N–C) groups is 1. The summed E-state index contributed by atoms with van der Waals surface area (Å²) in [7, 11) is 2.12. The Kier molecular flexibility index (Phi) is 5.00. The second kappa shape index (κ2) is 8.11. The number of hydrogen-bond donors (Lipinski definition) is 1. The lowest BCUT2D eigenvalue weighted by Crippen LogP contribution is -2.30. The number of rotatable bonds is 5. The van der Waals surface area contributed by atoms with Crippen LogP contribution in [0.25, 0.3) is 17.0 Å². The predicted molar refractivity (Wildman–Crippen MR) is 131 cm³/mol. The second-order valence-corrected chi connectivity index (χ2v) is 7.82. The van der Waals surface area contributed by atoms with E-state index in [1.807, 2.05) is 24.6 Å². The SMILES string of the molecule is C=Cc1cc(/N=C/c2cc3ccccc3n2Cc2cccnc2)c2c(c1)NCCN2C. The molecule has 154 valence electrons. The molecule has 0 amide bonds. The molecule has 1 aliphatic rings. The van der Waals surface area contributed by atoms with Crippen LogP contribution in [0.1, 0.15) is 16.8 Å². The number of nitrogens with zero attached hydrogens (tertiary/aromatic N) is 4. The molecule has 0 spiro atoms. The Morgan fingerprint density at radius 2 is 2.06 bits per heavy atom. The molecule has 31 heavy (non-hydrogen) atoms. The normalized spacial score (nSPS) is 13.4. The maximum absolute atomic E-state index is 4.96. The van der Waals surface area contributed by atoms with Gasteiger partial charge in [-0.3, -0.25) is 9.98 Å². The summed E-state index contributed by atoms with van der Waals surface area (Å²) in [5, 5.41) is 4.70. The highest BCUT2D eigenvalue weighted by Crippen LogP contribution is 2.39. The fourth-order valence-corrected chi connectivity index (χ4v) is 4.19. The van der Waals surface area contributed by atoms with Gasteiger partial charge in [-0.2, -0.15) is 0 Å². The van der Waals surface area contributed by atoms with Gasteiger partial charge in [0, 0.05) is 50.0 Å². The summed E-state index contributed by atoms with van der Waals surface area (Å²) < 4.78 is 2.29. The Labute approximate surface area is 182 Å². The average molecular weight is 408 g/mol. The van der Waals surface area contributed by atoms with Crippen molar-refractivity contribution < 1.29 is 0 Å². The lowest BCUT2D eigenvalue weighted by Gasteiger charge is -2.30. The number of nitrogens with one attached hydrogen (secondary N) is 1. The van der Waals surface area contributed by atoms with Gasteiger partial charge in [-0.05, 0) is 41.5 Å². The number of hydrogen-bond acceptors (Lipinski definition) is 4. The Morgan fingerprint density at radius 3 is 2.90 bits per heavy atom. The molecule has 0 aliphatic carbocycles. The van der Waals surface area contributed by atoms with Gasteiger partial charge in [0.1, 0.15) is 0 Å². The van der Waals surface area contributed by atoms with E-state index in [1.165, 1.54) is 10.9 Å². The lowest BCUT2D eigenvalue weighted by molar-refractivity contribution is 0.825. The molecule has 0 atom stereocenters. The molecule has 0 saturated carbocycles. The molecule has 5 heteroatoms. The monoisotopic (exact) mass is 407 g/mol. The number of pyridine rings is 1. The van der Waals surface area contributed by atoms with Crippen LogP contribution in [0.5, 0.6) is 0 Å². The number of aromatic nitrogens is 2. The first kappa shape index (κ1) is 19.1. The third-order valence-electron chi connectivity index (χ3n) is 5.73. The predicted octanol–water partition coefficient (Wildman–Crippen LogP) is 5.34. The van der Waals surface area contributed by atoms with Crippen molar-refractivity contribution in [3.8, 4) is 0 Å². The summed E-state index contributed by atoms with van der Waals surface area (Å²) in [5.74, 6) is 0. The zero-order valence-electron chi connectivity index (χ0n) is 17.6. The van der Waals surface area contributed by atoms with Crippen LogP contribution in [0.4, 0.5) is 17.1 Å². The molecule has 2 aromatic carbocycles. The van der Waals surface area contributed by atoms with Crippen molar-refractivity contribution >= 4 is 40.3 Å². The number of anilines is 2. The van der Waals surface area contributed by atoms with E-state index >= 15 is 0 Å². The summed E-state index contributed by atoms with van der Waals surface area (Å²) in [6, 6.07) is 19.0. The Balaban J connectivity index is 1.60. The van der Waals surface area contributed by atoms with E-state index in [-0.39, 0.29) is 0 Å². The van der Waals surface area contributed by atoms with Crippen LogP contribution in [0.15, 0.2) is 78.6 Å². The number of para-hydroxylation sites is 1. The molecule has 5 nitrogen and oxygen atoms in total. The molecule has 4 aromatic rings. The minimum atomic E-state index is 0.745. The second-order valence-electron chi connectivity index (χ2n) is 7.82. The minimum absolute atomic E-state index is 0.745. The fraction of sp³-hybridized carbons (Fsp3) is 0.154. The topological polar surface area (TPSA) is 45.5 Å². The van der Waals surface area contributed by atoms with Gasteiger partial charge in [0.25, 0.3) is 0 Å². The van der Waals surface area contributed by atoms with Gasteiger partial charge in [0.15, 0.2) is 0 Å². The molecule has 3 heterocycles. The van der Waals surface area contributed by atoms with E-state index in [0.29, 0.717) is 0 Å². The molecule has 1 N–H and O–H groups in total. The van der Waals surface area contributed by atoms with E-state index < -0.39 is 0 Å². The van der Waals surface area contributed by atoms with E-state index in [0.717, 1.165) is 53.5 Å². The Bertz CT molecular complexity index is 1270. The number of likely N-dealkylation sites (N-methyl/N-ethyl adjacent to an activating group) is 1. The molecule has 0 fully saturated rings. The Hall–Kier alpha value is -3.86. The summed E-state index contributed by atoms with van der Waals surface area (Å²) in [5.41, 5.74) is 7.65. The van der Waals surface area contributed by atoms with Crippen molar-refractivity contribution in [2.75, 3.05) is 30.4 Å². The number of benzene rings is 2. The first-order chi connectivity index (χ1) is 15.2. The average Bonchev–Trinajstić information content (AvgIpc) is 3.15. The minimum Gasteiger partial charge on any atom is -0.382 e. The van der Waals surface area contributed by atoms with Gasteiger partial charge in [-0.15, -0.1) is 0 Å². The van der Waals surface area contributed by atoms with Crippen molar-refractivity contribution in [1.82, 2.24) is 9.55 Å². The van der Waals surface area contributed by atoms with Gasteiger partial charge >= 0.3 is 0 Å². The van der Waals surface area contributed by atoms with Gasteiger partial charge in [-0.1, -0.05) is 36.9 Å². The van der Waals surface area contributed by atoms with Crippen molar-refractivity contribution in [2.45, 2.75) is 6.54 Å². The molecule has 0 saturated heterocycles. The highest BCUT2D eigenvalue weighted by atomic mass is 15.2. The van der Waals surface area contributed by atoms with Crippen molar-refractivity contribution in [3.63, 3.8) is 0 Å². The zero-order chi connectivity index (χ0) is 21.2. The van der Waals surface area contributed by atoms with E-state index in [2.05, 4.69) is 81.9 Å². The maximum atomic E-state index is 4.96. The summed E-state index contributed by atoms with van der Waals surface area (Å²) in [6.45, 7) is 6.56. The molecule has 0 bridgehead atoms. The van der Waals surface area contributed by atoms with Crippen LogP contribution in [0.3, 0.4) is 0 Å². The maximum Gasteiger partial charge on any atom is 0.0891 e. The van der Waals surface area contributed by atoms with Gasteiger partial charge in [0.05, 0.1) is 29.0 Å². The fourth-order valence-electron chi connectivity index (χ4n) is 4.19. The molecular weight excluding hydrogens is 382 g/mol. The van der Waals surface area contributed by atoms with Crippen molar-refractivity contribution in [3.05, 3.63) is 90.4 Å². The van der Waals surface area contributed by atoms with Crippen molar-refractivity contribution in [2.24, 2.45) is 4.99 Å². The van der Waals surface area contributed by atoms with Crippen LogP contribution in [0.2, 0.25) is 0 Å². The van der Waals surface area contributed by atoms with E-state index in [1.54, 1.807) is 6.20 Å². The van der Waals surface area contributed by atoms with Gasteiger partial charge in [-0.25, -0.2) is 0 Å². The highest BCUT2D eigenvalue weighted by molar-refractivity contribution is 5.94. The van der Waals surface area contributed by atoms with Crippen LogP contribution in [-0.2, 0) is 6.54 Å². The smallest absolute Gasteiger partial charge is 0.0891 e. The van der Waals surface area contributed by atoms with Crippen LogP contribution in [0, 0.1) is 0 Å². The van der Waals surface area contributed by atoms with Crippen LogP contribution >= 0.6 is 0 Å². The molecule has 1 aliphatic heterocycles. The van der Waals surface area contributed by atoms with E-state index in [4.69, 9.17) is 4.99 Å². The summed E-state index contributed by atoms with van der Waals surface area (Å²) >= 11 is 0.